The van der Waals surface area contributed by atoms with Crippen LogP contribution in [0.2, 0.25) is 0 Å². The predicted octanol–water partition coefficient (Wildman–Crippen LogP) is 1.65. The van der Waals surface area contributed by atoms with Gasteiger partial charge in [-0.05, 0) is 22.9 Å². The lowest BCUT2D eigenvalue weighted by Gasteiger charge is -2.00. The maximum atomic E-state index is 5.73. The number of hydrogen-bond donors (Lipinski definition) is 0. The third kappa shape index (κ3) is 1.40. The van der Waals surface area contributed by atoms with Crippen molar-refractivity contribution < 1.29 is 0 Å². The highest BCUT2D eigenvalue weighted by Crippen LogP contribution is 2.19. The van der Waals surface area contributed by atoms with Gasteiger partial charge in [0.25, 0.3) is 0 Å². The summed E-state index contributed by atoms with van der Waals surface area (Å²) in [6.07, 6.45) is 0. The minimum atomic E-state index is 0.569. The number of aryl methyl sites for hydroxylation is 1. The first kappa shape index (κ1) is 8.19. The molecule has 0 radical (unpaired) electrons. The van der Waals surface area contributed by atoms with Gasteiger partial charge < -0.3 is 0 Å². The van der Waals surface area contributed by atoms with E-state index in [0.29, 0.717) is 5.82 Å². The molecule has 0 atom stereocenters. The molecule has 0 N–H and O–H groups in total. The summed E-state index contributed by atoms with van der Waals surface area (Å²) >= 11 is 5.73. The van der Waals surface area contributed by atoms with E-state index < -0.39 is 0 Å². The minimum absolute atomic E-state index is 0.569. The molecule has 5 heteroatoms. The van der Waals surface area contributed by atoms with Crippen LogP contribution in [0.1, 0.15) is 5.56 Å². The quantitative estimate of drug-likeness (QED) is 0.694. The number of halogens is 1. The summed E-state index contributed by atoms with van der Waals surface area (Å²) in [5.41, 5.74) is 2.04. The van der Waals surface area contributed by atoms with E-state index in [-0.39, 0.29) is 0 Å². The molecule has 0 saturated carbocycles. The van der Waals surface area contributed by atoms with Crippen molar-refractivity contribution in [1.29, 1.82) is 0 Å². The Labute approximate surface area is 80.3 Å². The second-order valence-electron chi connectivity index (χ2n) is 2.68. The van der Waals surface area contributed by atoms with Crippen molar-refractivity contribution in [3.8, 4) is 11.4 Å². The summed E-state index contributed by atoms with van der Waals surface area (Å²) in [4.78, 5) is 0. The Balaban J connectivity index is 2.59. The zero-order chi connectivity index (χ0) is 9.26. The molecule has 0 amide bonds. The van der Waals surface area contributed by atoms with E-state index in [4.69, 9.17) is 11.8 Å². The molecule has 2 rings (SSSR count). The lowest BCUT2D eigenvalue weighted by Crippen LogP contribution is -1.90. The first-order valence-corrected chi connectivity index (χ1v) is 4.13. The highest BCUT2D eigenvalue weighted by Gasteiger charge is 2.08. The molecule has 1 aromatic heterocycles. The van der Waals surface area contributed by atoms with Crippen LogP contribution in [0.25, 0.3) is 11.4 Å². The molecule has 0 fully saturated rings. The van der Waals surface area contributed by atoms with Crippen LogP contribution in [0.4, 0.5) is 0 Å². The number of tetrazole rings is 1. The predicted molar refractivity (Wildman–Crippen MR) is 49.2 cm³/mol. The van der Waals surface area contributed by atoms with E-state index in [0.717, 1.165) is 15.3 Å². The zero-order valence-corrected chi connectivity index (χ0v) is 7.73. The Morgan fingerprint density at radius 3 is 2.69 bits per heavy atom. The van der Waals surface area contributed by atoms with Gasteiger partial charge in [0.2, 0.25) is 0 Å². The standard InChI is InChI=1S/C8H7ClN4/c1-6-4-2-3-5-7(6)8-10-11-12-13(8)9/h2-5H,1H3. The number of aromatic nitrogens is 4. The highest BCUT2D eigenvalue weighted by atomic mass is 35.5. The van der Waals surface area contributed by atoms with Crippen molar-refractivity contribution in [2.75, 3.05) is 0 Å². The van der Waals surface area contributed by atoms with Gasteiger partial charge in [-0.15, -0.1) is 9.30 Å². The van der Waals surface area contributed by atoms with Gasteiger partial charge in [-0.25, -0.2) is 0 Å². The fourth-order valence-corrected chi connectivity index (χ4v) is 1.31. The van der Waals surface area contributed by atoms with Crippen LogP contribution in [0, 0.1) is 6.92 Å². The number of hydrogen-bond acceptors (Lipinski definition) is 3. The molecule has 0 aliphatic rings. The first-order chi connectivity index (χ1) is 6.29. The van der Waals surface area contributed by atoms with E-state index in [2.05, 4.69) is 15.5 Å². The molecule has 0 bridgehead atoms. The Morgan fingerprint density at radius 1 is 1.31 bits per heavy atom. The van der Waals surface area contributed by atoms with Crippen molar-refractivity contribution >= 4 is 11.8 Å². The summed E-state index contributed by atoms with van der Waals surface area (Å²) in [6.45, 7) is 1.99. The summed E-state index contributed by atoms with van der Waals surface area (Å²) in [5, 5.41) is 10.8. The normalized spacial score (nSPS) is 10.3. The van der Waals surface area contributed by atoms with Gasteiger partial charge in [0.15, 0.2) is 5.82 Å². The van der Waals surface area contributed by atoms with Crippen LogP contribution < -0.4 is 0 Å². The van der Waals surface area contributed by atoms with Crippen LogP contribution in [0.15, 0.2) is 24.3 Å². The largest absolute Gasteiger partial charge is 0.200 e. The molecule has 0 unspecified atom stereocenters. The third-order valence-corrected chi connectivity index (χ3v) is 2.05. The molecule has 13 heavy (non-hydrogen) atoms. The maximum absolute atomic E-state index is 5.73. The van der Waals surface area contributed by atoms with Gasteiger partial charge in [0, 0.05) is 17.3 Å². The topological polar surface area (TPSA) is 43.6 Å². The van der Waals surface area contributed by atoms with Gasteiger partial charge in [-0.3, -0.25) is 0 Å². The average molecular weight is 195 g/mol. The van der Waals surface area contributed by atoms with Crippen LogP contribution in [-0.4, -0.2) is 19.7 Å². The monoisotopic (exact) mass is 194 g/mol. The second kappa shape index (κ2) is 3.14. The summed E-state index contributed by atoms with van der Waals surface area (Å²) < 4.78 is 1.14. The zero-order valence-electron chi connectivity index (χ0n) is 6.98. The van der Waals surface area contributed by atoms with Crippen molar-refractivity contribution in [2.24, 2.45) is 0 Å². The molecular formula is C8H7ClN4. The average Bonchev–Trinajstić information content (AvgIpc) is 2.52. The summed E-state index contributed by atoms with van der Waals surface area (Å²) in [7, 11) is 0. The Hall–Kier alpha value is -1.42. The number of nitrogens with zero attached hydrogens (tertiary/aromatic N) is 4. The Bertz CT molecular complexity index is 424. The molecule has 1 heterocycles. The van der Waals surface area contributed by atoms with Crippen LogP contribution in [-0.2, 0) is 0 Å². The van der Waals surface area contributed by atoms with Crippen molar-refractivity contribution in [3.05, 3.63) is 29.8 Å². The fraction of sp³-hybridized carbons (Fsp3) is 0.125. The molecule has 0 saturated heterocycles. The van der Waals surface area contributed by atoms with Gasteiger partial charge in [0.1, 0.15) is 0 Å². The van der Waals surface area contributed by atoms with Crippen molar-refractivity contribution in [2.45, 2.75) is 6.92 Å². The third-order valence-electron chi connectivity index (χ3n) is 1.82. The fourth-order valence-electron chi connectivity index (χ4n) is 1.15. The summed E-state index contributed by atoms with van der Waals surface area (Å²) in [5.74, 6) is 0.569. The molecule has 4 nitrogen and oxygen atoms in total. The lowest BCUT2D eigenvalue weighted by atomic mass is 10.1. The van der Waals surface area contributed by atoms with Crippen LogP contribution in [0.5, 0.6) is 0 Å². The highest BCUT2D eigenvalue weighted by molar-refractivity contribution is 6.16. The first-order valence-electron chi connectivity index (χ1n) is 3.79. The lowest BCUT2D eigenvalue weighted by molar-refractivity contribution is 0.846. The SMILES string of the molecule is Cc1ccccc1-c1nnnn1Cl. The number of rotatable bonds is 1. The second-order valence-corrected chi connectivity index (χ2v) is 3.00. The van der Waals surface area contributed by atoms with E-state index in [1.165, 1.54) is 0 Å². The van der Waals surface area contributed by atoms with Crippen molar-refractivity contribution in [3.63, 3.8) is 0 Å². The van der Waals surface area contributed by atoms with Crippen molar-refractivity contribution in [1.82, 2.24) is 19.7 Å². The van der Waals surface area contributed by atoms with E-state index in [1.54, 1.807) is 0 Å². The van der Waals surface area contributed by atoms with Gasteiger partial charge in [-0.2, -0.15) is 0 Å². The van der Waals surface area contributed by atoms with E-state index in [1.807, 2.05) is 31.2 Å². The van der Waals surface area contributed by atoms with Gasteiger partial charge in [-0.1, -0.05) is 24.3 Å². The van der Waals surface area contributed by atoms with E-state index >= 15 is 0 Å². The van der Waals surface area contributed by atoms with Crippen LogP contribution in [0.3, 0.4) is 0 Å². The van der Waals surface area contributed by atoms with Gasteiger partial charge >= 0.3 is 0 Å². The van der Waals surface area contributed by atoms with Gasteiger partial charge in [0.05, 0.1) is 0 Å². The molecule has 2 aromatic rings. The number of benzene rings is 1. The Morgan fingerprint density at radius 2 is 2.08 bits per heavy atom. The molecule has 0 aliphatic carbocycles. The smallest absolute Gasteiger partial charge is 0.131 e. The summed E-state index contributed by atoms with van der Waals surface area (Å²) in [6, 6.07) is 7.80. The molecule has 0 aliphatic heterocycles. The molecule has 0 spiro atoms. The molecular weight excluding hydrogens is 188 g/mol. The minimum Gasteiger partial charge on any atom is -0.131 e. The maximum Gasteiger partial charge on any atom is 0.200 e. The van der Waals surface area contributed by atoms with Crippen LogP contribution >= 0.6 is 11.8 Å². The van der Waals surface area contributed by atoms with E-state index in [9.17, 15) is 0 Å². The molecule has 1 aromatic carbocycles. The molecule has 66 valence electrons. The Kier molecular flexibility index (Phi) is 1.98.